The zero-order valence-electron chi connectivity index (χ0n) is 12.5. The molecule has 0 N–H and O–H groups in total. The summed E-state index contributed by atoms with van der Waals surface area (Å²) >= 11 is 14.3. The summed E-state index contributed by atoms with van der Waals surface area (Å²) in [7, 11) is 0. The van der Waals surface area contributed by atoms with Crippen LogP contribution in [0.15, 0.2) is 40.2 Å². The van der Waals surface area contributed by atoms with E-state index >= 15 is 0 Å². The van der Waals surface area contributed by atoms with Gasteiger partial charge in [0.05, 0.1) is 22.3 Å². The highest BCUT2D eigenvalue weighted by molar-refractivity contribution is 7.13. The summed E-state index contributed by atoms with van der Waals surface area (Å²) in [5.41, 5.74) is 1.88. The first-order chi connectivity index (χ1) is 11.1. The van der Waals surface area contributed by atoms with E-state index in [0.717, 1.165) is 34.7 Å². The summed E-state index contributed by atoms with van der Waals surface area (Å²) in [5.74, 6) is 1.39. The van der Waals surface area contributed by atoms with Crippen LogP contribution in [0.2, 0.25) is 10.0 Å². The van der Waals surface area contributed by atoms with Gasteiger partial charge in [0, 0.05) is 17.4 Å². The van der Waals surface area contributed by atoms with Crippen molar-refractivity contribution in [1.29, 1.82) is 0 Å². The molecular weight excluding hydrogens is 353 g/mol. The zero-order chi connectivity index (χ0) is 16.2. The number of aryl methyl sites for hydroxylation is 2. The normalized spacial score (nSPS) is 10.9. The van der Waals surface area contributed by atoms with E-state index in [1.807, 2.05) is 42.6 Å². The Morgan fingerprint density at radius 1 is 1.22 bits per heavy atom. The van der Waals surface area contributed by atoms with Crippen LogP contribution in [0.3, 0.4) is 0 Å². The molecule has 1 aromatic carbocycles. The molecule has 2 aromatic heterocycles. The van der Waals surface area contributed by atoms with Crippen molar-refractivity contribution in [2.45, 2.75) is 19.8 Å². The van der Waals surface area contributed by atoms with Gasteiger partial charge in [0.15, 0.2) is 5.75 Å². The van der Waals surface area contributed by atoms with Gasteiger partial charge >= 0.3 is 0 Å². The van der Waals surface area contributed by atoms with Gasteiger partial charge in [-0.1, -0.05) is 34.4 Å². The molecule has 0 amide bonds. The quantitative estimate of drug-likeness (QED) is 0.498. The maximum atomic E-state index is 6.32. The molecule has 0 aliphatic heterocycles. The second-order valence-electron chi connectivity index (χ2n) is 5.13. The Hall–Kier alpha value is -1.49. The molecule has 0 fully saturated rings. The van der Waals surface area contributed by atoms with Crippen molar-refractivity contribution in [1.82, 2.24) is 5.16 Å². The van der Waals surface area contributed by atoms with Crippen molar-refractivity contribution in [2.24, 2.45) is 0 Å². The summed E-state index contributed by atoms with van der Waals surface area (Å²) in [5, 5.41) is 6.93. The minimum absolute atomic E-state index is 0.511. The van der Waals surface area contributed by atoms with E-state index in [0.29, 0.717) is 22.4 Å². The summed E-state index contributed by atoms with van der Waals surface area (Å²) in [6, 6.07) is 9.72. The van der Waals surface area contributed by atoms with Crippen molar-refractivity contribution < 1.29 is 9.26 Å². The first-order valence-corrected chi connectivity index (χ1v) is 8.85. The van der Waals surface area contributed by atoms with E-state index < -0.39 is 0 Å². The number of aromatic nitrogens is 1. The van der Waals surface area contributed by atoms with Gasteiger partial charge in [-0.3, -0.25) is 0 Å². The van der Waals surface area contributed by atoms with E-state index in [4.69, 9.17) is 32.5 Å². The number of hydrogen-bond donors (Lipinski definition) is 0. The SMILES string of the molecule is Cc1cc(CCCOc2c(Cl)cc(-c3cccs3)cc2Cl)on1. The molecule has 0 saturated carbocycles. The topological polar surface area (TPSA) is 35.3 Å². The molecule has 0 unspecified atom stereocenters. The summed E-state index contributed by atoms with van der Waals surface area (Å²) in [6.45, 7) is 2.41. The van der Waals surface area contributed by atoms with Gasteiger partial charge in [-0.15, -0.1) is 11.3 Å². The Morgan fingerprint density at radius 3 is 2.61 bits per heavy atom. The van der Waals surface area contributed by atoms with Crippen LogP contribution in [-0.4, -0.2) is 11.8 Å². The second kappa shape index (κ2) is 7.39. The van der Waals surface area contributed by atoms with Crippen molar-refractivity contribution in [3.05, 3.63) is 57.2 Å². The van der Waals surface area contributed by atoms with E-state index in [1.54, 1.807) is 11.3 Å². The van der Waals surface area contributed by atoms with Crippen molar-refractivity contribution in [2.75, 3.05) is 6.61 Å². The van der Waals surface area contributed by atoms with Gasteiger partial charge in [-0.05, 0) is 42.5 Å². The van der Waals surface area contributed by atoms with Crippen molar-refractivity contribution in [3.63, 3.8) is 0 Å². The molecule has 0 radical (unpaired) electrons. The molecule has 2 heterocycles. The summed E-state index contributed by atoms with van der Waals surface area (Å²) < 4.78 is 10.9. The second-order valence-corrected chi connectivity index (χ2v) is 6.90. The standard InChI is InChI=1S/C17H15Cl2NO2S/c1-11-8-13(22-20-11)4-2-6-21-17-14(18)9-12(10-15(17)19)16-5-3-7-23-16/h3,5,7-10H,2,4,6H2,1H3. The molecule has 0 atom stereocenters. The predicted molar refractivity (Wildman–Crippen MR) is 94.8 cm³/mol. The van der Waals surface area contributed by atoms with Gasteiger partial charge in [0.2, 0.25) is 0 Å². The molecule has 0 aliphatic carbocycles. The van der Waals surface area contributed by atoms with Crippen LogP contribution in [0, 0.1) is 6.92 Å². The van der Waals surface area contributed by atoms with E-state index in [2.05, 4.69) is 5.16 Å². The molecule has 0 bridgehead atoms. The summed E-state index contributed by atoms with van der Waals surface area (Å²) in [6.07, 6.45) is 1.57. The molecule has 3 rings (SSSR count). The molecular formula is C17H15Cl2NO2S. The average Bonchev–Trinajstić information content (AvgIpc) is 3.17. The number of benzene rings is 1. The molecule has 120 valence electrons. The molecule has 0 aliphatic rings. The lowest BCUT2D eigenvalue weighted by Crippen LogP contribution is -2.00. The largest absolute Gasteiger partial charge is 0.490 e. The van der Waals surface area contributed by atoms with Crippen LogP contribution in [0.5, 0.6) is 5.75 Å². The number of ether oxygens (including phenoxy) is 1. The van der Waals surface area contributed by atoms with Crippen LogP contribution in [0.1, 0.15) is 17.9 Å². The fourth-order valence-electron chi connectivity index (χ4n) is 2.24. The third-order valence-electron chi connectivity index (χ3n) is 3.29. The van der Waals surface area contributed by atoms with Gasteiger partial charge in [-0.2, -0.15) is 0 Å². The molecule has 0 saturated heterocycles. The maximum absolute atomic E-state index is 6.32. The Kier molecular flexibility index (Phi) is 5.26. The minimum atomic E-state index is 0.511. The highest BCUT2D eigenvalue weighted by atomic mass is 35.5. The lowest BCUT2D eigenvalue weighted by molar-refractivity contribution is 0.300. The van der Waals surface area contributed by atoms with Crippen LogP contribution < -0.4 is 4.74 Å². The van der Waals surface area contributed by atoms with E-state index in [1.165, 1.54) is 0 Å². The smallest absolute Gasteiger partial charge is 0.156 e. The predicted octanol–water partition coefficient (Wildman–Crippen LogP) is 6.03. The number of halogens is 2. The number of thiophene rings is 1. The van der Waals surface area contributed by atoms with Crippen LogP contribution in [-0.2, 0) is 6.42 Å². The lowest BCUT2D eigenvalue weighted by atomic mass is 10.2. The fourth-order valence-corrected chi connectivity index (χ4v) is 3.55. The molecule has 0 spiro atoms. The Balaban J connectivity index is 1.61. The first-order valence-electron chi connectivity index (χ1n) is 7.21. The number of nitrogens with zero attached hydrogens (tertiary/aromatic N) is 1. The fraction of sp³-hybridized carbons (Fsp3) is 0.235. The molecule has 6 heteroatoms. The number of hydrogen-bond acceptors (Lipinski definition) is 4. The van der Waals surface area contributed by atoms with E-state index in [9.17, 15) is 0 Å². The monoisotopic (exact) mass is 367 g/mol. The average molecular weight is 368 g/mol. The van der Waals surface area contributed by atoms with Crippen LogP contribution in [0.4, 0.5) is 0 Å². The first kappa shape index (κ1) is 16.4. The Bertz CT molecular complexity index is 761. The zero-order valence-corrected chi connectivity index (χ0v) is 14.8. The van der Waals surface area contributed by atoms with Crippen LogP contribution in [0.25, 0.3) is 10.4 Å². The molecule has 3 nitrogen and oxygen atoms in total. The third kappa shape index (κ3) is 4.08. The number of rotatable bonds is 6. The van der Waals surface area contributed by atoms with Crippen LogP contribution >= 0.6 is 34.5 Å². The Labute approximate surface area is 148 Å². The van der Waals surface area contributed by atoms with Gasteiger partial charge in [-0.25, -0.2) is 0 Å². The minimum Gasteiger partial charge on any atom is -0.490 e. The highest BCUT2D eigenvalue weighted by Gasteiger charge is 2.11. The lowest BCUT2D eigenvalue weighted by Gasteiger charge is -2.11. The highest BCUT2D eigenvalue weighted by Crippen LogP contribution is 2.38. The third-order valence-corrected chi connectivity index (χ3v) is 4.78. The Morgan fingerprint density at radius 2 is 2.00 bits per heavy atom. The van der Waals surface area contributed by atoms with E-state index in [-0.39, 0.29) is 0 Å². The van der Waals surface area contributed by atoms with Crippen molar-refractivity contribution >= 4 is 34.5 Å². The van der Waals surface area contributed by atoms with Gasteiger partial charge in [0.25, 0.3) is 0 Å². The molecule has 3 aromatic rings. The molecule has 23 heavy (non-hydrogen) atoms. The van der Waals surface area contributed by atoms with Crippen molar-refractivity contribution in [3.8, 4) is 16.2 Å². The van der Waals surface area contributed by atoms with Gasteiger partial charge < -0.3 is 9.26 Å². The summed E-state index contributed by atoms with van der Waals surface area (Å²) in [4.78, 5) is 1.13. The maximum Gasteiger partial charge on any atom is 0.156 e. The van der Waals surface area contributed by atoms with Gasteiger partial charge in [0.1, 0.15) is 5.76 Å².